The van der Waals surface area contributed by atoms with Gasteiger partial charge in [-0.25, -0.2) is 9.98 Å². The van der Waals surface area contributed by atoms with Gasteiger partial charge < -0.3 is 22.1 Å². The van der Waals surface area contributed by atoms with Crippen LogP contribution in [0.5, 0.6) is 0 Å². The molecule has 0 aliphatic heterocycles. The van der Waals surface area contributed by atoms with Crippen molar-refractivity contribution < 1.29 is 0 Å². The molecule has 0 aliphatic carbocycles. The summed E-state index contributed by atoms with van der Waals surface area (Å²) >= 11 is 0. The van der Waals surface area contributed by atoms with Crippen molar-refractivity contribution in [1.29, 1.82) is 0 Å². The van der Waals surface area contributed by atoms with E-state index in [0.29, 0.717) is 38.1 Å². The molecule has 6 nitrogen and oxygen atoms in total. The van der Waals surface area contributed by atoms with Crippen LogP contribution in [0.3, 0.4) is 0 Å². The maximum absolute atomic E-state index is 5.73. The molecular weight excluding hydrogens is 403 g/mol. The Morgan fingerprint density at radius 2 is 1.39 bits per heavy atom. The number of guanidine groups is 2. The maximum atomic E-state index is 5.73. The fourth-order valence-electron chi connectivity index (χ4n) is 1.64. The van der Waals surface area contributed by atoms with Crippen molar-refractivity contribution in [3.63, 3.8) is 0 Å². The Morgan fingerprint density at radius 3 is 1.78 bits per heavy atom. The van der Waals surface area contributed by atoms with Gasteiger partial charge in [0.05, 0.1) is 13.1 Å². The molecular formula is C16H25IN6. The lowest BCUT2D eigenvalue weighted by atomic mass is 10.1. The van der Waals surface area contributed by atoms with Crippen molar-refractivity contribution in [1.82, 2.24) is 10.6 Å². The second kappa shape index (κ2) is 12.5. The number of rotatable bonds is 8. The van der Waals surface area contributed by atoms with Gasteiger partial charge in [-0.3, -0.25) is 0 Å². The van der Waals surface area contributed by atoms with Crippen molar-refractivity contribution in [3.8, 4) is 0 Å². The molecule has 0 amide bonds. The van der Waals surface area contributed by atoms with E-state index >= 15 is 0 Å². The van der Waals surface area contributed by atoms with Gasteiger partial charge in [0, 0.05) is 13.1 Å². The summed E-state index contributed by atoms with van der Waals surface area (Å²) in [6.45, 7) is 9.44. The predicted octanol–water partition coefficient (Wildman–Crippen LogP) is 1.49. The number of hydrogen-bond acceptors (Lipinski definition) is 2. The first kappa shape index (κ1) is 21.0. The smallest absolute Gasteiger partial charge is 0.189 e. The number of nitrogens with two attached hydrogens (primary N) is 2. The maximum Gasteiger partial charge on any atom is 0.189 e. The number of halogens is 1. The van der Waals surface area contributed by atoms with E-state index in [1.165, 1.54) is 0 Å². The second-order valence-electron chi connectivity index (χ2n) is 4.56. The van der Waals surface area contributed by atoms with Gasteiger partial charge in [0.2, 0.25) is 0 Å². The standard InChI is InChI=1S/C16H24N6.HI/c1-3-8-19-15(17)21-11-13-6-5-7-14(10-13)12-22-16(18)20-9-4-2;/h3-7,10H,1-2,8-9,11-12H2,(H3,17,19,21)(H3,18,20,22);1H. The van der Waals surface area contributed by atoms with Crippen LogP contribution in [0.15, 0.2) is 59.6 Å². The third-order valence-electron chi connectivity index (χ3n) is 2.71. The molecule has 0 bridgehead atoms. The van der Waals surface area contributed by atoms with Gasteiger partial charge >= 0.3 is 0 Å². The lowest BCUT2D eigenvalue weighted by Crippen LogP contribution is -2.31. The third kappa shape index (κ3) is 9.56. The molecule has 0 saturated heterocycles. The Bertz CT molecular complexity index is 508. The molecule has 7 heteroatoms. The minimum atomic E-state index is 0. The number of benzene rings is 1. The van der Waals surface area contributed by atoms with E-state index in [9.17, 15) is 0 Å². The van der Waals surface area contributed by atoms with E-state index in [4.69, 9.17) is 11.5 Å². The molecule has 0 aliphatic rings. The van der Waals surface area contributed by atoms with Crippen molar-refractivity contribution in [2.45, 2.75) is 13.1 Å². The summed E-state index contributed by atoms with van der Waals surface area (Å²) in [5.41, 5.74) is 13.6. The van der Waals surface area contributed by atoms with Gasteiger partial charge in [-0.15, -0.1) is 37.1 Å². The van der Waals surface area contributed by atoms with E-state index in [0.717, 1.165) is 11.1 Å². The molecule has 1 aromatic rings. The van der Waals surface area contributed by atoms with Crippen molar-refractivity contribution in [2.24, 2.45) is 21.5 Å². The summed E-state index contributed by atoms with van der Waals surface area (Å²) < 4.78 is 0. The highest BCUT2D eigenvalue weighted by Crippen LogP contribution is 2.07. The second-order valence-corrected chi connectivity index (χ2v) is 4.56. The van der Waals surface area contributed by atoms with Crippen LogP contribution < -0.4 is 22.1 Å². The number of aliphatic imine (C=N–C) groups is 2. The fourth-order valence-corrected chi connectivity index (χ4v) is 1.64. The minimum Gasteiger partial charge on any atom is -0.370 e. The van der Waals surface area contributed by atoms with Crippen LogP contribution in [-0.2, 0) is 13.1 Å². The number of nitrogens with zero attached hydrogens (tertiary/aromatic N) is 2. The van der Waals surface area contributed by atoms with Gasteiger partial charge in [0.15, 0.2) is 11.9 Å². The molecule has 1 rings (SSSR count). The van der Waals surface area contributed by atoms with Crippen LogP contribution in [0.4, 0.5) is 0 Å². The monoisotopic (exact) mass is 428 g/mol. The van der Waals surface area contributed by atoms with Gasteiger partial charge in [-0.05, 0) is 11.1 Å². The van der Waals surface area contributed by atoms with Crippen molar-refractivity contribution in [3.05, 3.63) is 60.7 Å². The first-order valence-electron chi connectivity index (χ1n) is 7.03. The zero-order valence-electron chi connectivity index (χ0n) is 13.2. The van der Waals surface area contributed by atoms with Crippen LogP contribution in [-0.4, -0.2) is 25.0 Å². The highest BCUT2D eigenvalue weighted by atomic mass is 127. The average molecular weight is 428 g/mol. The van der Waals surface area contributed by atoms with Gasteiger partial charge in [-0.1, -0.05) is 36.4 Å². The lowest BCUT2D eigenvalue weighted by Gasteiger charge is -2.05. The summed E-state index contributed by atoms with van der Waals surface area (Å²) in [5, 5.41) is 5.86. The normalized spacial score (nSPS) is 11.3. The Hall–Kier alpha value is -2.03. The summed E-state index contributed by atoms with van der Waals surface area (Å²) in [6.07, 6.45) is 3.46. The predicted molar refractivity (Wildman–Crippen MR) is 109 cm³/mol. The van der Waals surface area contributed by atoms with Crippen molar-refractivity contribution in [2.75, 3.05) is 13.1 Å². The summed E-state index contributed by atoms with van der Waals surface area (Å²) in [7, 11) is 0. The van der Waals surface area contributed by atoms with Crippen LogP contribution in [0.1, 0.15) is 11.1 Å². The van der Waals surface area contributed by atoms with E-state index in [-0.39, 0.29) is 24.0 Å². The van der Waals surface area contributed by atoms with Crippen LogP contribution in [0.25, 0.3) is 0 Å². The summed E-state index contributed by atoms with van der Waals surface area (Å²) in [5.74, 6) is 0.808. The summed E-state index contributed by atoms with van der Waals surface area (Å²) in [6, 6.07) is 8.00. The molecule has 0 spiro atoms. The molecule has 0 radical (unpaired) electrons. The lowest BCUT2D eigenvalue weighted by molar-refractivity contribution is 0.954. The first-order chi connectivity index (χ1) is 10.7. The van der Waals surface area contributed by atoms with Crippen LogP contribution in [0.2, 0.25) is 0 Å². The largest absolute Gasteiger partial charge is 0.370 e. The van der Waals surface area contributed by atoms with E-state index in [1.54, 1.807) is 12.2 Å². The quantitative estimate of drug-likeness (QED) is 0.218. The first-order valence-corrected chi connectivity index (χ1v) is 7.03. The fraction of sp³-hybridized carbons (Fsp3) is 0.250. The van der Waals surface area contributed by atoms with Gasteiger partial charge in [-0.2, -0.15) is 0 Å². The van der Waals surface area contributed by atoms with Gasteiger partial charge in [0.1, 0.15) is 0 Å². The zero-order chi connectivity index (χ0) is 16.2. The SMILES string of the molecule is C=CCNC(N)=NCc1cccc(CN=C(N)NCC=C)c1.I. The molecule has 0 heterocycles. The number of hydrogen-bond donors (Lipinski definition) is 4. The molecule has 0 saturated carbocycles. The molecule has 0 unspecified atom stereocenters. The molecule has 23 heavy (non-hydrogen) atoms. The molecule has 0 aromatic heterocycles. The average Bonchev–Trinajstić information content (AvgIpc) is 2.54. The summed E-state index contributed by atoms with van der Waals surface area (Å²) in [4.78, 5) is 8.52. The molecule has 126 valence electrons. The Balaban J connectivity index is 0.00000484. The third-order valence-corrected chi connectivity index (χ3v) is 2.71. The molecule has 6 N–H and O–H groups in total. The van der Waals surface area contributed by atoms with Crippen LogP contribution >= 0.6 is 24.0 Å². The Labute approximate surface area is 154 Å². The van der Waals surface area contributed by atoms with E-state index < -0.39 is 0 Å². The topological polar surface area (TPSA) is 101 Å². The highest BCUT2D eigenvalue weighted by Gasteiger charge is 1.97. The minimum absolute atomic E-state index is 0. The Kier molecular flexibility index (Phi) is 11.4. The Morgan fingerprint density at radius 1 is 0.957 bits per heavy atom. The van der Waals surface area contributed by atoms with Gasteiger partial charge in [0.25, 0.3) is 0 Å². The molecule has 0 fully saturated rings. The molecule has 1 aromatic carbocycles. The zero-order valence-corrected chi connectivity index (χ0v) is 15.5. The number of nitrogens with one attached hydrogen (secondary N) is 2. The molecule has 0 atom stereocenters. The van der Waals surface area contributed by atoms with Crippen molar-refractivity contribution >= 4 is 35.9 Å². The van der Waals surface area contributed by atoms with E-state index in [2.05, 4.69) is 33.8 Å². The highest BCUT2D eigenvalue weighted by molar-refractivity contribution is 14.0. The van der Waals surface area contributed by atoms with E-state index in [1.807, 2.05) is 24.3 Å². The van der Waals surface area contributed by atoms with Crippen LogP contribution in [0, 0.1) is 0 Å².